The summed E-state index contributed by atoms with van der Waals surface area (Å²) in [6, 6.07) is 11.9. The third-order valence-electron chi connectivity index (χ3n) is 3.36. The molecule has 0 aromatic heterocycles. The molecule has 114 valence electrons. The van der Waals surface area contributed by atoms with Crippen LogP contribution in [0, 0.1) is 15.9 Å². The van der Waals surface area contributed by atoms with Gasteiger partial charge < -0.3 is 5.32 Å². The predicted molar refractivity (Wildman–Crippen MR) is 80.2 cm³/mol. The smallest absolute Gasteiger partial charge is 0.269 e. The molecule has 0 spiro atoms. The van der Waals surface area contributed by atoms with Crippen molar-refractivity contribution in [2.24, 2.45) is 0 Å². The predicted octanol–water partition coefficient (Wildman–Crippen LogP) is 3.27. The minimum Gasteiger partial charge on any atom is -0.351 e. The molecule has 6 heteroatoms. The van der Waals surface area contributed by atoms with Crippen LogP contribution in [0.25, 0.3) is 0 Å². The van der Waals surface area contributed by atoms with Gasteiger partial charge in [-0.25, -0.2) is 4.39 Å². The number of non-ortho nitro benzene ring substituents is 1. The van der Waals surface area contributed by atoms with E-state index in [1.54, 1.807) is 18.2 Å². The quantitative estimate of drug-likeness (QED) is 0.680. The Balaban J connectivity index is 1.97. The number of carbonyl (C=O) groups excluding carboxylic acids is 1. The number of amides is 1. The first-order valence-electron chi connectivity index (χ1n) is 6.76. The van der Waals surface area contributed by atoms with Crippen LogP contribution in [0.2, 0.25) is 0 Å². The molecule has 0 fully saturated rings. The average molecular weight is 302 g/mol. The van der Waals surface area contributed by atoms with Crippen molar-refractivity contribution in [2.75, 3.05) is 6.54 Å². The molecule has 0 radical (unpaired) electrons. The number of nitro benzene ring substituents is 1. The summed E-state index contributed by atoms with van der Waals surface area (Å²) >= 11 is 0. The summed E-state index contributed by atoms with van der Waals surface area (Å²) in [6.07, 6.45) is 0. The fraction of sp³-hybridized carbons (Fsp3) is 0.188. The zero-order valence-corrected chi connectivity index (χ0v) is 12.0. The summed E-state index contributed by atoms with van der Waals surface area (Å²) in [7, 11) is 0. The molecule has 22 heavy (non-hydrogen) atoms. The van der Waals surface area contributed by atoms with E-state index in [2.05, 4.69) is 5.32 Å². The molecule has 0 unspecified atom stereocenters. The molecular weight excluding hydrogens is 287 g/mol. The van der Waals surface area contributed by atoms with E-state index in [4.69, 9.17) is 0 Å². The highest BCUT2D eigenvalue weighted by molar-refractivity contribution is 5.94. The number of hydrogen-bond donors (Lipinski definition) is 1. The van der Waals surface area contributed by atoms with Gasteiger partial charge in [0.2, 0.25) is 0 Å². The first-order chi connectivity index (χ1) is 10.5. The van der Waals surface area contributed by atoms with E-state index in [0.29, 0.717) is 6.54 Å². The van der Waals surface area contributed by atoms with Gasteiger partial charge >= 0.3 is 0 Å². The number of nitrogens with one attached hydrogen (secondary N) is 1. The van der Waals surface area contributed by atoms with Gasteiger partial charge in [-0.1, -0.05) is 31.2 Å². The number of benzene rings is 2. The average Bonchev–Trinajstić information content (AvgIpc) is 2.52. The summed E-state index contributed by atoms with van der Waals surface area (Å²) in [5.41, 5.74) is 0.879. The fourth-order valence-electron chi connectivity index (χ4n) is 2.03. The number of nitrogens with zero attached hydrogens (tertiary/aromatic N) is 1. The van der Waals surface area contributed by atoms with E-state index in [-0.39, 0.29) is 17.2 Å². The second kappa shape index (κ2) is 6.80. The molecule has 1 amide bonds. The van der Waals surface area contributed by atoms with Gasteiger partial charge in [0.15, 0.2) is 0 Å². The molecule has 2 aromatic rings. The van der Waals surface area contributed by atoms with Crippen LogP contribution in [0.5, 0.6) is 0 Å². The van der Waals surface area contributed by atoms with Crippen LogP contribution >= 0.6 is 0 Å². The molecule has 2 aromatic carbocycles. The molecule has 1 atom stereocenters. The number of carbonyl (C=O) groups is 1. The molecule has 2 rings (SSSR count). The van der Waals surface area contributed by atoms with Crippen LogP contribution in [-0.2, 0) is 0 Å². The Morgan fingerprint density at radius 3 is 2.45 bits per heavy atom. The third kappa shape index (κ3) is 3.66. The normalized spacial score (nSPS) is 11.7. The van der Waals surface area contributed by atoms with Crippen molar-refractivity contribution in [1.29, 1.82) is 0 Å². The van der Waals surface area contributed by atoms with Crippen molar-refractivity contribution in [3.05, 3.63) is 75.6 Å². The Bertz CT molecular complexity index is 686. The monoisotopic (exact) mass is 302 g/mol. The van der Waals surface area contributed by atoms with E-state index < -0.39 is 16.6 Å². The number of nitro groups is 1. The van der Waals surface area contributed by atoms with Gasteiger partial charge in [-0.2, -0.15) is 0 Å². The topological polar surface area (TPSA) is 72.2 Å². The fourth-order valence-corrected chi connectivity index (χ4v) is 2.03. The van der Waals surface area contributed by atoms with E-state index in [9.17, 15) is 19.3 Å². The lowest BCUT2D eigenvalue weighted by molar-refractivity contribution is -0.384. The summed E-state index contributed by atoms with van der Waals surface area (Å²) in [5.74, 6) is -1.09. The van der Waals surface area contributed by atoms with Crippen molar-refractivity contribution < 1.29 is 14.1 Å². The molecule has 0 bridgehead atoms. The highest BCUT2D eigenvalue weighted by Gasteiger charge is 2.13. The molecule has 0 aliphatic heterocycles. The van der Waals surface area contributed by atoms with Crippen LogP contribution < -0.4 is 5.32 Å². The van der Waals surface area contributed by atoms with Crippen molar-refractivity contribution in [2.45, 2.75) is 12.8 Å². The summed E-state index contributed by atoms with van der Waals surface area (Å²) in [4.78, 5) is 22.0. The molecule has 0 saturated heterocycles. The maximum absolute atomic E-state index is 13.5. The maximum Gasteiger partial charge on any atom is 0.269 e. The summed E-state index contributed by atoms with van der Waals surface area (Å²) < 4.78 is 13.5. The Kier molecular flexibility index (Phi) is 4.83. The van der Waals surface area contributed by atoms with Gasteiger partial charge in [-0.3, -0.25) is 14.9 Å². The van der Waals surface area contributed by atoms with Crippen molar-refractivity contribution in [3.8, 4) is 0 Å². The first kappa shape index (κ1) is 15.6. The van der Waals surface area contributed by atoms with E-state index >= 15 is 0 Å². The SMILES string of the molecule is C[C@H](CNC(=O)c1ccccc1F)c1ccc([N+](=O)[O-])cc1. The van der Waals surface area contributed by atoms with Gasteiger partial charge in [0.05, 0.1) is 10.5 Å². The molecule has 0 aliphatic carbocycles. The maximum atomic E-state index is 13.5. The number of halogens is 1. The van der Waals surface area contributed by atoms with E-state index in [1.807, 2.05) is 6.92 Å². The van der Waals surface area contributed by atoms with Gasteiger partial charge in [0, 0.05) is 18.7 Å². The Hall–Kier alpha value is -2.76. The van der Waals surface area contributed by atoms with E-state index in [1.165, 1.54) is 30.3 Å². The van der Waals surface area contributed by atoms with Crippen molar-refractivity contribution in [1.82, 2.24) is 5.32 Å². The van der Waals surface area contributed by atoms with Gasteiger partial charge in [-0.15, -0.1) is 0 Å². The Labute approximate surface area is 126 Å². The highest BCUT2D eigenvalue weighted by atomic mass is 19.1. The second-order valence-corrected chi connectivity index (χ2v) is 4.94. The van der Waals surface area contributed by atoms with Crippen LogP contribution in [-0.4, -0.2) is 17.4 Å². The standard InChI is InChI=1S/C16H15FN2O3/c1-11(12-6-8-13(9-7-12)19(21)22)10-18-16(20)14-4-2-3-5-15(14)17/h2-9,11H,10H2,1H3,(H,18,20)/t11-/m1/s1. The highest BCUT2D eigenvalue weighted by Crippen LogP contribution is 2.18. The van der Waals surface area contributed by atoms with Crippen LogP contribution in [0.4, 0.5) is 10.1 Å². The zero-order chi connectivity index (χ0) is 16.1. The number of rotatable bonds is 5. The molecule has 5 nitrogen and oxygen atoms in total. The molecule has 0 saturated carbocycles. The lowest BCUT2D eigenvalue weighted by Crippen LogP contribution is -2.28. The van der Waals surface area contributed by atoms with Crippen molar-refractivity contribution in [3.63, 3.8) is 0 Å². The van der Waals surface area contributed by atoms with Crippen LogP contribution in [0.15, 0.2) is 48.5 Å². The Morgan fingerprint density at radius 1 is 1.23 bits per heavy atom. The minimum atomic E-state index is -0.567. The zero-order valence-electron chi connectivity index (χ0n) is 12.0. The lowest BCUT2D eigenvalue weighted by atomic mass is 10.0. The van der Waals surface area contributed by atoms with Crippen LogP contribution in [0.1, 0.15) is 28.8 Å². The summed E-state index contributed by atoms with van der Waals surface area (Å²) in [5, 5.41) is 13.3. The second-order valence-electron chi connectivity index (χ2n) is 4.94. The molecule has 1 N–H and O–H groups in total. The van der Waals surface area contributed by atoms with Gasteiger partial charge in [0.1, 0.15) is 5.82 Å². The van der Waals surface area contributed by atoms with Crippen LogP contribution in [0.3, 0.4) is 0 Å². The van der Waals surface area contributed by atoms with Gasteiger partial charge in [0.25, 0.3) is 11.6 Å². The molecule has 0 heterocycles. The first-order valence-corrected chi connectivity index (χ1v) is 6.76. The largest absolute Gasteiger partial charge is 0.351 e. The molecular formula is C16H15FN2O3. The van der Waals surface area contributed by atoms with Crippen molar-refractivity contribution >= 4 is 11.6 Å². The summed E-state index contributed by atoms with van der Waals surface area (Å²) in [6.45, 7) is 2.19. The third-order valence-corrected chi connectivity index (χ3v) is 3.36. The van der Waals surface area contributed by atoms with E-state index in [0.717, 1.165) is 5.56 Å². The minimum absolute atomic E-state index is 0.00148. The Morgan fingerprint density at radius 2 is 1.86 bits per heavy atom. The molecule has 0 aliphatic rings. The lowest BCUT2D eigenvalue weighted by Gasteiger charge is -2.13. The van der Waals surface area contributed by atoms with Gasteiger partial charge in [-0.05, 0) is 23.6 Å². The number of hydrogen-bond acceptors (Lipinski definition) is 3.